The topological polar surface area (TPSA) is 14.2 Å². The first kappa shape index (κ1) is 6.93. The molecule has 0 spiro atoms. The SMILES string of the molecule is CC=CCOn1cccc1. The van der Waals surface area contributed by atoms with Gasteiger partial charge in [0.05, 0.1) is 0 Å². The van der Waals surface area contributed by atoms with E-state index in [2.05, 4.69) is 0 Å². The van der Waals surface area contributed by atoms with Crippen molar-refractivity contribution >= 4 is 0 Å². The largest absolute Gasteiger partial charge is 0.410 e. The van der Waals surface area contributed by atoms with E-state index in [0.29, 0.717) is 6.61 Å². The van der Waals surface area contributed by atoms with Crippen LogP contribution in [0.3, 0.4) is 0 Å². The second-order valence-electron chi connectivity index (χ2n) is 1.91. The van der Waals surface area contributed by atoms with Crippen LogP contribution in [0.1, 0.15) is 6.92 Å². The molecule has 0 saturated heterocycles. The molecular weight excluding hydrogens is 126 g/mol. The van der Waals surface area contributed by atoms with E-state index in [4.69, 9.17) is 4.84 Å². The smallest absolute Gasteiger partial charge is 0.133 e. The number of hydrogen-bond donors (Lipinski definition) is 0. The van der Waals surface area contributed by atoms with Crippen LogP contribution < -0.4 is 4.84 Å². The summed E-state index contributed by atoms with van der Waals surface area (Å²) in [5, 5.41) is 0. The molecule has 1 aromatic heterocycles. The third-order valence-corrected chi connectivity index (χ3v) is 1.13. The molecule has 2 nitrogen and oxygen atoms in total. The summed E-state index contributed by atoms with van der Waals surface area (Å²) in [7, 11) is 0. The van der Waals surface area contributed by atoms with Crippen LogP contribution in [0.4, 0.5) is 0 Å². The van der Waals surface area contributed by atoms with Gasteiger partial charge in [-0.05, 0) is 25.1 Å². The monoisotopic (exact) mass is 137 g/mol. The molecule has 0 fully saturated rings. The number of hydrogen-bond acceptors (Lipinski definition) is 1. The molecule has 1 rings (SSSR count). The summed E-state index contributed by atoms with van der Waals surface area (Å²) in [6.07, 6.45) is 7.65. The molecule has 54 valence electrons. The predicted molar refractivity (Wildman–Crippen MR) is 40.7 cm³/mol. The van der Waals surface area contributed by atoms with Crippen molar-refractivity contribution in [2.24, 2.45) is 0 Å². The average Bonchev–Trinajstić information content (AvgIpc) is 2.41. The Labute approximate surface area is 60.7 Å². The lowest BCUT2D eigenvalue weighted by Gasteiger charge is -2.00. The summed E-state index contributed by atoms with van der Waals surface area (Å²) in [5.41, 5.74) is 0. The first-order valence-corrected chi connectivity index (χ1v) is 3.31. The highest BCUT2D eigenvalue weighted by Gasteiger charge is 1.81. The van der Waals surface area contributed by atoms with E-state index in [1.807, 2.05) is 43.6 Å². The third-order valence-electron chi connectivity index (χ3n) is 1.13. The molecule has 0 aliphatic rings. The molecule has 0 bridgehead atoms. The molecule has 0 unspecified atom stereocenters. The molecule has 1 aromatic rings. The molecule has 2 heteroatoms. The van der Waals surface area contributed by atoms with Gasteiger partial charge >= 0.3 is 0 Å². The molecule has 10 heavy (non-hydrogen) atoms. The van der Waals surface area contributed by atoms with E-state index in [1.165, 1.54) is 0 Å². The first-order chi connectivity index (χ1) is 4.93. The normalized spacial score (nSPS) is 10.5. The Morgan fingerprint density at radius 3 is 2.70 bits per heavy atom. The van der Waals surface area contributed by atoms with E-state index in [9.17, 15) is 0 Å². The van der Waals surface area contributed by atoms with E-state index < -0.39 is 0 Å². The van der Waals surface area contributed by atoms with Crippen molar-refractivity contribution in [1.82, 2.24) is 4.73 Å². The molecule has 0 aliphatic heterocycles. The molecule has 0 aromatic carbocycles. The van der Waals surface area contributed by atoms with Gasteiger partial charge < -0.3 is 4.84 Å². The van der Waals surface area contributed by atoms with Gasteiger partial charge in [-0.25, -0.2) is 0 Å². The van der Waals surface area contributed by atoms with Gasteiger partial charge in [0.2, 0.25) is 0 Å². The Hall–Kier alpha value is -1.18. The standard InChI is InChI=1S/C8H11NO/c1-2-3-8-10-9-6-4-5-7-9/h2-7H,8H2,1H3. The van der Waals surface area contributed by atoms with Crippen LogP contribution in [0.2, 0.25) is 0 Å². The van der Waals surface area contributed by atoms with Crippen LogP contribution in [-0.2, 0) is 0 Å². The zero-order valence-electron chi connectivity index (χ0n) is 6.03. The van der Waals surface area contributed by atoms with Gasteiger partial charge in [0.25, 0.3) is 0 Å². The minimum absolute atomic E-state index is 0.630. The Kier molecular flexibility index (Phi) is 2.62. The van der Waals surface area contributed by atoms with E-state index >= 15 is 0 Å². The summed E-state index contributed by atoms with van der Waals surface area (Å²) in [5.74, 6) is 0. The minimum atomic E-state index is 0.630. The summed E-state index contributed by atoms with van der Waals surface area (Å²) in [4.78, 5) is 5.22. The Bertz CT molecular complexity index is 189. The van der Waals surface area contributed by atoms with Gasteiger partial charge in [0.15, 0.2) is 0 Å². The van der Waals surface area contributed by atoms with Crippen LogP contribution in [-0.4, -0.2) is 11.3 Å². The Morgan fingerprint density at radius 2 is 2.10 bits per heavy atom. The van der Waals surface area contributed by atoms with Crippen molar-refractivity contribution in [3.8, 4) is 0 Å². The highest BCUT2D eigenvalue weighted by atomic mass is 16.7. The summed E-state index contributed by atoms with van der Waals surface area (Å²) in [6, 6.07) is 3.85. The van der Waals surface area contributed by atoms with E-state index in [1.54, 1.807) is 4.73 Å². The summed E-state index contributed by atoms with van der Waals surface area (Å²) >= 11 is 0. The highest BCUT2D eigenvalue weighted by molar-refractivity contribution is 4.88. The predicted octanol–water partition coefficient (Wildman–Crippen LogP) is 1.49. The third kappa shape index (κ3) is 1.97. The van der Waals surface area contributed by atoms with E-state index in [0.717, 1.165) is 0 Å². The maximum atomic E-state index is 5.22. The molecule has 0 atom stereocenters. The molecule has 0 aliphatic carbocycles. The average molecular weight is 137 g/mol. The second kappa shape index (κ2) is 3.77. The fraction of sp³-hybridized carbons (Fsp3) is 0.250. The quantitative estimate of drug-likeness (QED) is 0.576. The van der Waals surface area contributed by atoms with E-state index in [-0.39, 0.29) is 0 Å². The number of aromatic nitrogens is 1. The maximum absolute atomic E-state index is 5.22. The Balaban J connectivity index is 2.28. The van der Waals surface area contributed by atoms with Gasteiger partial charge in [-0.15, -0.1) is 0 Å². The van der Waals surface area contributed by atoms with Crippen LogP contribution >= 0.6 is 0 Å². The molecule has 0 N–H and O–H groups in total. The maximum Gasteiger partial charge on any atom is 0.133 e. The fourth-order valence-corrected chi connectivity index (χ4v) is 0.630. The van der Waals surface area contributed by atoms with Crippen molar-refractivity contribution in [3.63, 3.8) is 0 Å². The van der Waals surface area contributed by atoms with Crippen LogP contribution in [0.25, 0.3) is 0 Å². The lowest BCUT2D eigenvalue weighted by molar-refractivity contribution is 0.136. The summed E-state index contributed by atoms with van der Waals surface area (Å²) < 4.78 is 1.68. The number of rotatable bonds is 3. The highest BCUT2D eigenvalue weighted by Crippen LogP contribution is 1.84. The van der Waals surface area contributed by atoms with Crippen LogP contribution in [0.15, 0.2) is 36.7 Å². The second-order valence-corrected chi connectivity index (χ2v) is 1.91. The lowest BCUT2D eigenvalue weighted by Crippen LogP contribution is -2.07. The lowest BCUT2D eigenvalue weighted by atomic mass is 10.6. The summed E-state index contributed by atoms with van der Waals surface area (Å²) in [6.45, 7) is 2.60. The zero-order valence-corrected chi connectivity index (χ0v) is 6.03. The van der Waals surface area contributed by atoms with Crippen LogP contribution in [0, 0.1) is 0 Å². The van der Waals surface area contributed by atoms with Crippen molar-refractivity contribution in [1.29, 1.82) is 0 Å². The van der Waals surface area contributed by atoms with Crippen molar-refractivity contribution < 1.29 is 4.84 Å². The molecule has 0 amide bonds. The van der Waals surface area contributed by atoms with Gasteiger partial charge in [-0.3, -0.25) is 0 Å². The zero-order chi connectivity index (χ0) is 7.23. The van der Waals surface area contributed by atoms with Crippen molar-refractivity contribution in [2.75, 3.05) is 6.61 Å². The fourth-order valence-electron chi connectivity index (χ4n) is 0.630. The minimum Gasteiger partial charge on any atom is -0.410 e. The number of allylic oxidation sites excluding steroid dienone is 1. The molecule has 0 saturated carbocycles. The van der Waals surface area contributed by atoms with Gasteiger partial charge in [0.1, 0.15) is 6.61 Å². The van der Waals surface area contributed by atoms with Gasteiger partial charge in [-0.1, -0.05) is 6.08 Å². The Morgan fingerprint density at radius 1 is 1.40 bits per heavy atom. The number of nitrogens with zero attached hydrogens (tertiary/aromatic N) is 1. The molecule has 0 radical (unpaired) electrons. The van der Waals surface area contributed by atoms with Gasteiger partial charge in [-0.2, -0.15) is 4.73 Å². The molecule has 1 heterocycles. The van der Waals surface area contributed by atoms with Crippen molar-refractivity contribution in [3.05, 3.63) is 36.7 Å². The van der Waals surface area contributed by atoms with Crippen molar-refractivity contribution in [2.45, 2.75) is 6.92 Å². The first-order valence-electron chi connectivity index (χ1n) is 3.31. The molecular formula is C8H11NO. The van der Waals surface area contributed by atoms with Crippen LogP contribution in [0.5, 0.6) is 0 Å². The van der Waals surface area contributed by atoms with Gasteiger partial charge in [0, 0.05) is 12.4 Å².